The predicted molar refractivity (Wildman–Crippen MR) is 80.7 cm³/mol. The fraction of sp³-hybridized carbons (Fsp3) is 0.250. The molecule has 0 spiro atoms. The zero-order valence-electron chi connectivity index (χ0n) is 11.6. The highest BCUT2D eigenvalue weighted by molar-refractivity contribution is 6.61. The van der Waals surface area contributed by atoms with Gasteiger partial charge in [-0.25, -0.2) is 0 Å². The van der Waals surface area contributed by atoms with E-state index in [1.54, 1.807) is 14.2 Å². The fourth-order valence-corrected chi connectivity index (χ4v) is 3.59. The average Bonchev–Trinajstić information content (AvgIpc) is 2.49. The van der Waals surface area contributed by atoms with Gasteiger partial charge in [0.15, 0.2) is 0 Å². The van der Waals surface area contributed by atoms with Crippen molar-refractivity contribution in [1.82, 2.24) is 0 Å². The SMILES string of the molecule is CCc1ccc(-c2ccccc2)cc1[Si](OC)OC. The van der Waals surface area contributed by atoms with Crippen molar-refractivity contribution in [3.8, 4) is 11.1 Å². The molecule has 1 radical (unpaired) electrons. The first-order valence-electron chi connectivity index (χ1n) is 6.43. The summed E-state index contributed by atoms with van der Waals surface area (Å²) in [6, 6.07) is 16.9. The van der Waals surface area contributed by atoms with Crippen LogP contribution in [0.5, 0.6) is 0 Å². The molecule has 2 nitrogen and oxygen atoms in total. The van der Waals surface area contributed by atoms with Gasteiger partial charge in [-0.15, -0.1) is 0 Å². The molecule has 0 aliphatic heterocycles. The molecule has 2 aromatic rings. The minimum Gasteiger partial charge on any atom is -0.393 e. The summed E-state index contributed by atoms with van der Waals surface area (Å²) in [5.41, 5.74) is 3.74. The fourth-order valence-electron chi connectivity index (χ4n) is 2.19. The van der Waals surface area contributed by atoms with Crippen molar-refractivity contribution in [2.75, 3.05) is 14.2 Å². The molecule has 0 fully saturated rings. The second-order valence-corrected chi connectivity index (χ2v) is 6.22. The van der Waals surface area contributed by atoms with Crippen LogP contribution in [0.1, 0.15) is 12.5 Å². The lowest BCUT2D eigenvalue weighted by Crippen LogP contribution is -2.37. The van der Waals surface area contributed by atoms with E-state index in [9.17, 15) is 0 Å². The predicted octanol–water partition coefficient (Wildman–Crippen LogP) is 2.90. The van der Waals surface area contributed by atoms with Gasteiger partial charge in [0, 0.05) is 14.2 Å². The Hall–Kier alpha value is -1.42. The smallest absolute Gasteiger partial charge is 0.393 e. The van der Waals surface area contributed by atoms with E-state index < -0.39 is 9.28 Å². The van der Waals surface area contributed by atoms with Crippen LogP contribution in [0.4, 0.5) is 0 Å². The molecule has 0 bridgehead atoms. The normalized spacial score (nSPS) is 10.9. The molecule has 0 saturated carbocycles. The van der Waals surface area contributed by atoms with E-state index in [2.05, 4.69) is 49.4 Å². The molecule has 0 aromatic heterocycles. The molecule has 0 amide bonds. The Morgan fingerprint density at radius 3 is 2.16 bits per heavy atom. The topological polar surface area (TPSA) is 18.5 Å². The highest BCUT2D eigenvalue weighted by Gasteiger charge is 2.19. The monoisotopic (exact) mass is 271 g/mol. The van der Waals surface area contributed by atoms with Crippen molar-refractivity contribution >= 4 is 14.5 Å². The molecule has 2 rings (SSSR count). The summed E-state index contributed by atoms with van der Waals surface area (Å²) in [7, 11) is 2.06. The van der Waals surface area contributed by atoms with Crippen LogP contribution >= 0.6 is 0 Å². The largest absolute Gasteiger partial charge is 0.423 e. The molecule has 3 heteroatoms. The van der Waals surface area contributed by atoms with Crippen molar-refractivity contribution < 1.29 is 8.85 Å². The summed E-state index contributed by atoms with van der Waals surface area (Å²) in [5.74, 6) is 0. The molecule has 0 aliphatic carbocycles. The van der Waals surface area contributed by atoms with Crippen molar-refractivity contribution in [1.29, 1.82) is 0 Å². The Kier molecular flexibility index (Phi) is 4.91. The number of rotatable bonds is 5. The Bertz CT molecular complexity index is 522. The van der Waals surface area contributed by atoms with Crippen LogP contribution in [0.15, 0.2) is 48.5 Å². The summed E-state index contributed by atoms with van der Waals surface area (Å²) in [6.07, 6.45) is 0.991. The van der Waals surface area contributed by atoms with Crippen LogP contribution in [0, 0.1) is 0 Å². The van der Waals surface area contributed by atoms with Gasteiger partial charge >= 0.3 is 9.28 Å². The number of aryl methyl sites for hydroxylation is 1. The van der Waals surface area contributed by atoms with Crippen LogP contribution in [-0.4, -0.2) is 23.5 Å². The van der Waals surface area contributed by atoms with Crippen LogP contribution in [-0.2, 0) is 15.3 Å². The summed E-state index contributed by atoms with van der Waals surface area (Å²) in [5, 5.41) is 1.21. The second kappa shape index (κ2) is 6.66. The number of hydrogen-bond donors (Lipinski definition) is 0. The van der Waals surface area contributed by atoms with Gasteiger partial charge in [-0.05, 0) is 28.3 Å². The highest BCUT2D eigenvalue weighted by Crippen LogP contribution is 2.19. The third-order valence-corrected chi connectivity index (χ3v) is 4.84. The van der Waals surface area contributed by atoms with E-state index in [0.717, 1.165) is 6.42 Å². The number of hydrogen-bond acceptors (Lipinski definition) is 2. The molecular formula is C16H19O2Si. The Morgan fingerprint density at radius 1 is 0.895 bits per heavy atom. The quantitative estimate of drug-likeness (QED) is 0.779. The van der Waals surface area contributed by atoms with Crippen molar-refractivity contribution in [2.24, 2.45) is 0 Å². The van der Waals surface area contributed by atoms with Crippen LogP contribution in [0.2, 0.25) is 0 Å². The van der Waals surface area contributed by atoms with Crippen molar-refractivity contribution in [2.45, 2.75) is 13.3 Å². The number of benzene rings is 2. The van der Waals surface area contributed by atoms with E-state index in [4.69, 9.17) is 8.85 Å². The lowest BCUT2D eigenvalue weighted by atomic mass is 10.0. The van der Waals surface area contributed by atoms with E-state index in [1.807, 2.05) is 6.07 Å². The Labute approximate surface area is 116 Å². The third-order valence-electron chi connectivity index (χ3n) is 3.19. The first kappa shape index (κ1) is 14.0. The van der Waals surface area contributed by atoms with E-state index in [0.29, 0.717) is 0 Å². The average molecular weight is 271 g/mol. The van der Waals surface area contributed by atoms with Crippen LogP contribution < -0.4 is 5.19 Å². The van der Waals surface area contributed by atoms with E-state index >= 15 is 0 Å². The second-order valence-electron chi connectivity index (χ2n) is 4.29. The Balaban J connectivity index is 2.46. The van der Waals surface area contributed by atoms with Crippen LogP contribution in [0.3, 0.4) is 0 Å². The lowest BCUT2D eigenvalue weighted by molar-refractivity contribution is 0.291. The van der Waals surface area contributed by atoms with Gasteiger partial charge in [-0.3, -0.25) is 0 Å². The maximum atomic E-state index is 5.50. The van der Waals surface area contributed by atoms with Crippen molar-refractivity contribution in [3.63, 3.8) is 0 Å². The molecule has 0 heterocycles. The summed E-state index contributed by atoms with van der Waals surface area (Å²) >= 11 is 0. The van der Waals surface area contributed by atoms with Gasteiger partial charge < -0.3 is 8.85 Å². The van der Waals surface area contributed by atoms with Gasteiger partial charge in [-0.2, -0.15) is 0 Å². The first-order chi connectivity index (χ1) is 9.30. The molecule has 0 saturated heterocycles. The third kappa shape index (κ3) is 3.12. The van der Waals surface area contributed by atoms with Gasteiger partial charge in [0.05, 0.1) is 0 Å². The summed E-state index contributed by atoms with van der Waals surface area (Å²) in [4.78, 5) is 0. The molecular weight excluding hydrogens is 252 g/mol. The van der Waals surface area contributed by atoms with Crippen LogP contribution in [0.25, 0.3) is 11.1 Å². The maximum Gasteiger partial charge on any atom is 0.423 e. The van der Waals surface area contributed by atoms with Gasteiger partial charge in [-0.1, -0.05) is 55.5 Å². The minimum atomic E-state index is -1.37. The molecule has 19 heavy (non-hydrogen) atoms. The minimum absolute atomic E-state index is 0.991. The van der Waals surface area contributed by atoms with E-state index in [-0.39, 0.29) is 0 Å². The highest BCUT2D eigenvalue weighted by atomic mass is 28.3. The van der Waals surface area contributed by atoms with Gasteiger partial charge in [0.1, 0.15) is 0 Å². The molecule has 0 atom stereocenters. The molecule has 0 N–H and O–H groups in total. The molecule has 0 unspecified atom stereocenters. The van der Waals surface area contributed by atoms with Gasteiger partial charge in [0.2, 0.25) is 0 Å². The zero-order chi connectivity index (χ0) is 13.7. The Morgan fingerprint density at radius 2 is 1.58 bits per heavy atom. The zero-order valence-corrected chi connectivity index (χ0v) is 12.6. The molecule has 2 aromatic carbocycles. The molecule has 0 aliphatic rings. The van der Waals surface area contributed by atoms with Crippen molar-refractivity contribution in [3.05, 3.63) is 54.1 Å². The lowest BCUT2D eigenvalue weighted by Gasteiger charge is -2.15. The van der Waals surface area contributed by atoms with E-state index in [1.165, 1.54) is 21.9 Å². The summed E-state index contributed by atoms with van der Waals surface area (Å²) in [6.45, 7) is 2.16. The molecule has 99 valence electrons. The first-order valence-corrected chi connectivity index (χ1v) is 7.75. The maximum absolute atomic E-state index is 5.50. The standard InChI is InChI=1S/C16H19O2Si/c1-4-13-10-11-15(14-8-6-5-7-9-14)12-16(13)19(17-2)18-3/h5-12H,4H2,1-3H3. The van der Waals surface area contributed by atoms with Gasteiger partial charge in [0.25, 0.3) is 0 Å². The summed E-state index contributed by atoms with van der Waals surface area (Å²) < 4.78 is 11.0.